The van der Waals surface area contributed by atoms with Crippen LogP contribution in [-0.2, 0) is 11.3 Å². The van der Waals surface area contributed by atoms with Gasteiger partial charge in [-0.15, -0.1) is 0 Å². The first-order valence-electron chi connectivity index (χ1n) is 5.38. The smallest absolute Gasteiger partial charge is 0.423 e. The number of hydrogen-bond donors (Lipinski definition) is 3. The Morgan fingerprint density at radius 1 is 1.67 bits per heavy atom. The average Bonchev–Trinajstić information content (AvgIpc) is 2.73. The molecular formula is C10H12BClN2O3S. The molecule has 0 radical (unpaired) electrons. The van der Waals surface area contributed by atoms with Crippen LogP contribution in [0.4, 0.5) is 10.5 Å². The third kappa shape index (κ3) is 2.81. The molecule has 4 N–H and O–H groups in total. The molecular weight excluding hydrogens is 274 g/mol. The zero-order valence-electron chi connectivity index (χ0n) is 9.48. The van der Waals surface area contributed by atoms with Gasteiger partial charge in [0, 0.05) is 17.8 Å². The SMILES string of the molecule is NCCSC(=O)Nc1ccc2c(c1Cl)B(O)OC2. The molecule has 0 bridgehead atoms. The Balaban J connectivity index is 2.15. The molecule has 0 unspecified atom stereocenters. The standard InChI is InChI=1S/C10H12BClN2O3S/c12-9-7(14-10(15)18-4-3-13)2-1-6-5-17-11(16)8(6)9/h1-2,16H,3-5,13H2,(H,14,15). The predicted molar refractivity (Wildman–Crippen MR) is 74.4 cm³/mol. The molecule has 0 saturated carbocycles. The number of anilines is 1. The van der Waals surface area contributed by atoms with Gasteiger partial charge >= 0.3 is 7.12 Å². The van der Waals surface area contributed by atoms with Gasteiger partial charge in [0.2, 0.25) is 0 Å². The highest BCUT2D eigenvalue weighted by Crippen LogP contribution is 2.26. The number of thioether (sulfide) groups is 1. The normalized spacial score (nSPS) is 13.6. The maximum absolute atomic E-state index is 11.5. The third-order valence-corrected chi connectivity index (χ3v) is 3.71. The van der Waals surface area contributed by atoms with Crippen LogP contribution in [0.1, 0.15) is 5.56 Å². The summed E-state index contributed by atoms with van der Waals surface area (Å²) in [7, 11) is -1.03. The lowest BCUT2D eigenvalue weighted by Gasteiger charge is -2.10. The number of carbonyl (C=O) groups excluding carboxylic acids is 1. The van der Waals surface area contributed by atoms with Gasteiger partial charge in [0.25, 0.3) is 5.24 Å². The Morgan fingerprint density at radius 2 is 2.44 bits per heavy atom. The average molecular weight is 287 g/mol. The van der Waals surface area contributed by atoms with Crippen LogP contribution in [0.15, 0.2) is 12.1 Å². The van der Waals surface area contributed by atoms with Crippen molar-refractivity contribution >= 4 is 46.9 Å². The second-order valence-electron chi connectivity index (χ2n) is 3.71. The van der Waals surface area contributed by atoms with Crippen molar-refractivity contribution in [3.8, 4) is 0 Å². The van der Waals surface area contributed by atoms with Crippen LogP contribution in [0.25, 0.3) is 0 Å². The summed E-state index contributed by atoms with van der Waals surface area (Å²) in [4.78, 5) is 11.5. The number of carbonyl (C=O) groups is 1. The lowest BCUT2D eigenvalue weighted by Crippen LogP contribution is -2.29. The van der Waals surface area contributed by atoms with Crippen molar-refractivity contribution in [2.75, 3.05) is 17.6 Å². The molecule has 1 aliphatic rings. The topological polar surface area (TPSA) is 84.6 Å². The maximum atomic E-state index is 11.5. The molecule has 0 aromatic heterocycles. The Kier molecular flexibility index (Phi) is 4.52. The minimum atomic E-state index is -1.03. The molecule has 1 amide bonds. The van der Waals surface area contributed by atoms with Gasteiger partial charge in [-0.05, 0) is 11.6 Å². The lowest BCUT2D eigenvalue weighted by atomic mass is 9.79. The van der Waals surface area contributed by atoms with Crippen molar-refractivity contribution in [3.05, 3.63) is 22.7 Å². The highest BCUT2D eigenvalue weighted by molar-refractivity contribution is 8.13. The minimum Gasteiger partial charge on any atom is -0.423 e. The Bertz CT molecular complexity index is 475. The van der Waals surface area contributed by atoms with Gasteiger partial charge in [-0.3, -0.25) is 4.79 Å². The van der Waals surface area contributed by atoms with Crippen LogP contribution >= 0.6 is 23.4 Å². The van der Waals surface area contributed by atoms with Crippen molar-refractivity contribution in [3.63, 3.8) is 0 Å². The second-order valence-corrected chi connectivity index (χ2v) is 5.16. The first kappa shape index (κ1) is 13.7. The maximum Gasteiger partial charge on any atom is 0.493 e. The van der Waals surface area contributed by atoms with Crippen LogP contribution in [-0.4, -0.2) is 29.7 Å². The van der Waals surface area contributed by atoms with Crippen molar-refractivity contribution in [1.29, 1.82) is 0 Å². The van der Waals surface area contributed by atoms with Gasteiger partial charge in [-0.1, -0.05) is 29.4 Å². The number of fused-ring (bicyclic) bond motifs is 1. The van der Waals surface area contributed by atoms with Crippen LogP contribution in [0.5, 0.6) is 0 Å². The van der Waals surface area contributed by atoms with E-state index in [9.17, 15) is 9.82 Å². The number of nitrogens with two attached hydrogens (primary N) is 1. The van der Waals surface area contributed by atoms with E-state index in [1.54, 1.807) is 12.1 Å². The zero-order valence-corrected chi connectivity index (χ0v) is 11.1. The van der Waals surface area contributed by atoms with Gasteiger partial charge in [-0.25, -0.2) is 0 Å². The number of benzene rings is 1. The summed E-state index contributed by atoms with van der Waals surface area (Å²) < 4.78 is 5.07. The summed E-state index contributed by atoms with van der Waals surface area (Å²) in [6, 6.07) is 3.48. The van der Waals surface area contributed by atoms with E-state index in [1.165, 1.54) is 0 Å². The molecule has 1 aromatic rings. The van der Waals surface area contributed by atoms with Gasteiger partial charge in [-0.2, -0.15) is 0 Å². The number of hydrogen-bond acceptors (Lipinski definition) is 5. The molecule has 1 aliphatic heterocycles. The molecule has 2 rings (SSSR count). The minimum absolute atomic E-state index is 0.226. The summed E-state index contributed by atoms with van der Waals surface area (Å²) in [6.07, 6.45) is 0. The monoisotopic (exact) mass is 286 g/mol. The van der Waals surface area contributed by atoms with Crippen molar-refractivity contribution < 1.29 is 14.5 Å². The van der Waals surface area contributed by atoms with E-state index in [2.05, 4.69) is 5.32 Å². The van der Waals surface area contributed by atoms with Crippen LogP contribution in [0, 0.1) is 0 Å². The summed E-state index contributed by atoms with van der Waals surface area (Å²) in [5.41, 5.74) is 7.14. The van der Waals surface area contributed by atoms with E-state index in [4.69, 9.17) is 22.0 Å². The van der Waals surface area contributed by atoms with Crippen molar-refractivity contribution in [2.24, 2.45) is 5.73 Å². The predicted octanol–water partition coefficient (Wildman–Crippen LogP) is 0.782. The van der Waals surface area contributed by atoms with E-state index in [0.717, 1.165) is 17.3 Å². The molecule has 8 heteroatoms. The van der Waals surface area contributed by atoms with Gasteiger partial charge < -0.3 is 20.7 Å². The molecule has 1 aromatic carbocycles. The molecule has 18 heavy (non-hydrogen) atoms. The Hall–Kier alpha value is -0.725. The fraction of sp³-hybridized carbons (Fsp3) is 0.300. The van der Waals surface area contributed by atoms with E-state index in [1.807, 2.05) is 0 Å². The fourth-order valence-electron chi connectivity index (χ4n) is 1.67. The molecule has 0 saturated heterocycles. The number of rotatable bonds is 3. The summed E-state index contributed by atoms with van der Waals surface area (Å²) in [5, 5.41) is 12.4. The summed E-state index contributed by atoms with van der Waals surface area (Å²) >= 11 is 7.23. The van der Waals surface area contributed by atoms with Crippen LogP contribution in [0.2, 0.25) is 5.02 Å². The third-order valence-electron chi connectivity index (χ3n) is 2.50. The fourth-order valence-corrected chi connectivity index (χ4v) is 2.48. The molecule has 96 valence electrons. The second kappa shape index (κ2) is 5.94. The van der Waals surface area contributed by atoms with E-state index < -0.39 is 7.12 Å². The van der Waals surface area contributed by atoms with E-state index in [0.29, 0.717) is 35.1 Å². The van der Waals surface area contributed by atoms with Crippen molar-refractivity contribution in [1.82, 2.24) is 0 Å². The van der Waals surface area contributed by atoms with Crippen LogP contribution in [0.3, 0.4) is 0 Å². The Morgan fingerprint density at radius 3 is 3.17 bits per heavy atom. The molecule has 5 nitrogen and oxygen atoms in total. The van der Waals surface area contributed by atoms with E-state index >= 15 is 0 Å². The van der Waals surface area contributed by atoms with Gasteiger partial charge in [0.15, 0.2) is 0 Å². The lowest BCUT2D eigenvalue weighted by molar-refractivity contribution is 0.269. The first-order valence-corrected chi connectivity index (χ1v) is 6.74. The largest absolute Gasteiger partial charge is 0.493 e. The quantitative estimate of drug-likeness (QED) is 0.715. The highest BCUT2D eigenvalue weighted by Gasteiger charge is 2.31. The molecule has 1 heterocycles. The number of nitrogens with one attached hydrogen (secondary N) is 1. The summed E-state index contributed by atoms with van der Waals surface area (Å²) in [6.45, 7) is 0.759. The van der Waals surface area contributed by atoms with Crippen LogP contribution < -0.4 is 16.5 Å². The highest BCUT2D eigenvalue weighted by atomic mass is 35.5. The van der Waals surface area contributed by atoms with E-state index in [-0.39, 0.29) is 5.24 Å². The first-order chi connectivity index (χ1) is 8.63. The number of amides is 1. The van der Waals surface area contributed by atoms with Crippen molar-refractivity contribution in [2.45, 2.75) is 6.61 Å². The molecule has 0 spiro atoms. The zero-order chi connectivity index (χ0) is 13.1. The van der Waals surface area contributed by atoms with Gasteiger partial charge in [0.1, 0.15) is 0 Å². The molecule has 0 aliphatic carbocycles. The number of halogens is 1. The molecule has 0 atom stereocenters. The molecule has 0 fully saturated rings. The van der Waals surface area contributed by atoms with Gasteiger partial charge in [0.05, 0.1) is 17.3 Å². The Labute approximate surface area is 114 Å². The summed E-state index contributed by atoms with van der Waals surface area (Å²) in [5.74, 6) is 0.542.